The Hall–Kier alpha value is -2.17. The van der Waals surface area contributed by atoms with Crippen LogP contribution in [0.2, 0.25) is 0 Å². The van der Waals surface area contributed by atoms with E-state index in [0.29, 0.717) is 5.75 Å². The van der Waals surface area contributed by atoms with Crippen LogP contribution in [0, 0.1) is 24.4 Å². The van der Waals surface area contributed by atoms with E-state index in [1.807, 2.05) is 25.1 Å². The lowest BCUT2D eigenvalue weighted by molar-refractivity contribution is 0.407. The molecule has 0 bridgehead atoms. The third kappa shape index (κ3) is 3.12. The van der Waals surface area contributed by atoms with Crippen LogP contribution in [0.25, 0.3) is 0 Å². The number of nitrogens with one attached hydrogen (secondary N) is 1. The van der Waals surface area contributed by atoms with Crippen molar-refractivity contribution in [3.63, 3.8) is 0 Å². The molecule has 1 unspecified atom stereocenters. The Morgan fingerprint density at radius 2 is 1.76 bits per heavy atom. The normalized spacial score (nSPS) is 12.1. The largest absolute Gasteiger partial charge is 0.496 e. The van der Waals surface area contributed by atoms with E-state index in [1.54, 1.807) is 14.0 Å². The van der Waals surface area contributed by atoms with Gasteiger partial charge in [0.25, 0.3) is 0 Å². The van der Waals surface area contributed by atoms with Crippen molar-refractivity contribution in [1.29, 1.82) is 0 Å². The van der Waals surface area contributed by atoms with Gasteiger partial charge < -0.3 is 10.1 Å². The first-order valence-electron chi connectivity index (χ1n) is 6.48. The standard InChI is InChI=1S/C16H16F3NO/c1-9-4-5-11(14(8-9)21-3)10(2)20-13-7-6-12(17)15(18)16(13)19/h4-8,10,20H,1-3H3. The monoisotopic (exact) mass is 295 g/mol. The van der Waals surface area contributed by atoms with Crippen molar-refractivity contribution >= 4 is 5.69 Å². The summed E-state index contributed by atoms with van der Waals surface area (Å²) >= 11 is 0. The molecule has 2 aromatic carbocycles. The van der Waals surface area contributed by atoms with Crippen LogP contribution in [0.3, 0.4) is 0 Å². The first kappa shape index (κ1) is 15.2. The second-order valence-corrected chi connectivity index (χ2v) is 4.83. The third-order valence-corrected chi connectivity index (χ3v) is 3.26. The van der Waals surface area contributed by atoms with Crippen LogP contribution in [0.4, 0.5) is 18.9 Å². The van der Waals surface area contributed by atoms with Gasteiger partial charge in [0.1, 0.15) is 5.75 Å². The van der Waals surface area contributed by atoms with E-state index in [0.717, 1.165) is 17.2 Å². The predicted octanol–water partition coefficient (Wildman–Crippen LogP) is 4.59. The minimum Gasteiger partial charge on any atom is -0.496 e. The average Bonchev–Trinajstić information content (AvgIpc) is 2.47. The van der Waals surface area contributed by atoms with E-state index < -0.39 is 17.5 Å². The molecule has 2 aromatic rings. The lowest BCUT2D eigenvalue weighted by Gasteiger charge is -2.19. The lowest BCUT2D eigenvalue weighted by atomic mass is 10.0. The smallest absolute Gasteiger partial charge is 0.196 e. The summed E-state index contributed by atoms with van der Waals surface area (Å²) in [5.41, 5.74) is 1.73. The van der Waals surface area contributed by atoms with Crippen molar-refractivity contribution in [1.82, 2.24) is 0 Å². The van der Waals surface area contributed by atoms with Crippen LogP contribution in [0.5, 0.6) is 5.75 Å². The molecule has 0 amide bonds. The molecule has 112 valence electrons. The second-order valence-electron chi connectivity index (χ2n) is 4.83. The second kappa shape index (κ2) is 6.08. The highest BCUT2D eigenvalue weighted by Gasteiger charge is 2.17. The van der Waals surface area contributed by atoms with Gasteiger partial charge in [-0.25, -0.2) is 13.2 Å². The summed E-state index contributed by atoms with van der Waals surface area (Å²) in [6.07, 6.45) is 0. The molecule has 2 rings (SSSR count). The van der Waals surface area contributed by atoms with Crippen LogP contribution < -0.4 is 10.1 Å². The Kier molecular flexibility index (Phi) is 4.40. The Morgan fingerprint density at radius 3 is 2.43 bits per heavy atom. The molecular weight excluding hydrogens is 279 g/mol. The first-order valence-corrected chi connectivity index (χ1v) is 6.48. The summed E-state index contributed by atoms with van der Waals surface area (Å²) in [5, 5.41) is 2.83. The number of methoxy groups -OCH3 is 1. The number of hydrogen-bond acceptors (Lipinski definition) is 2. The fourth-order valence-electron chi connectivity index (χ4n) is 2.12. The number of ether oxygens (including phenoxy) is 1. The van der Waals surface area contributed by atoms with Crippen molar-refractivity contribution in [2.45, 2.75) is 19.9 Å². The van der Waals surface area contributed by atoms with Gasteiger partial charge in [0.2, 0.25) is 0 Å². The topological polar surface area (TPSA) is 21.3 Å². The molecule has 0 aliphatic heterocycles. The highest BCUT2D eigenvalue weighted by molar-refractivity contribution is 5.49. The van der Waals surface area contributed by atoms with Gasteiger partial charge in [-0.05, 0) is 37.6 Å². The summed E-state index contributed by atoms with van der Waals surface area (Å²) in [5.74, 6) is -3.27. The van der Waals surface area contributed by atoms with Gasteiger partial charge >= 0.3 is 0 Å². The van der Waals surface area contributed by atoms with E-state index in [-0.39, 0.29) is 11.7 Å². The molecule has 2 nitrogen and oxygen atoms in total. The Morgan fingerprint density at radius 1 is 1.05 bits per heavy atom. The minimum absolute atomic E-state index is 0.0935. The van der Waals surface area contributed by atoms with E-state index >= 15 is 0 Å². The minimum atomic E-state index is -1.48. The third-order valence-electron chi connectivity index (χ3n) is 3.26. The quantitative estimate of drug-likeness (QED) is 0.833. The molecule has 1 N–H and O–H groups in total. The van der Waals surface area contributed by atoms with Crippen molar-refractivity contribution in [3.8, 4) is 5.75 Å². The van der Waals surface area contributed by atoms with Crippen LogP contribution >= 0.6 is 0 Å². The summed E-state index contributed by atoms with van der Waals surface area (Å²) in [6, 6.07) is 7.33. The zero-order valence-corrected chi connectivity index (χ0v) is 12.0. The lowest BCUT2D eigenvalue weighted by Crippen LogP contribution is -2.10. The van der Waals surface area contributed by atoms with Gasteiger partial charge in [0.15, 0.2) is 17.5 Å². The van der Waals surface area contributed by atoms with Crippen molar-refractivity contribution in [3.05, 3.63) is 58.9 Å². The molecule has 0 fully saturated rings. The number of anilines is 1. The molecule has 0 saturated carbocycles. The zero-order chi connectivity index (χ0) is 15.6. The number of hydrogen-bond donors (Lipinski definition) is 1. The van der Waals surface area contributed by atoms with Gasteiger partial charge in [-0.2, -0.15) is 0 Å². The zero-order valence-electron chi connectivity index (χ0n) is 12.0. The van der Waals surface area contributed by atoms with Gasteiger partial charge in [-0.3, -0.25) is 0 Å². The maximum absolute atomic E-state index is 13.7. The van der Waals surface area contributed by atoms with E-state index in [2.05, 4.69) is 5.32 Å². The maximum atomic E-state index is 13.7. The van der Waals surface area contributed by atoms with Crippen LogP contribution in [-0.4, -0.2) is 7.11 Å². The summed E-state index contributed by atoms with van der Waals surface area (Å²) in [4.78, 5) is 0. The summed E-state index contributed by atoms with van der Waals surface area (Å²) in [7, 11) is 1.54. The highest BCUT2D eigenvalue weighted by Crippen LogP contribution is 2.30. The molecule has 0 aromatic heterocycles. The molecule has 0 heterocycles. The fourth-order valence-corrected chi connectivity index (χ4v) is 2.12. The molecule has 5 heteroatoms. The van der Waals surface area contributed by atoms with E-state index in [9.17, 15) is 13.2 Å². The molecule has 0 aliphatic carbocycles. The summed E-state index contributed by atoms with van der Waals surface area (Å²) < 4.78 is 45.1. The van der Waals surface area contributed by atoms with Gasteiger partial charge in [-0.1, -0.05) is 12.1 Å². The van der Waals surface area contributed by atoms with Gasteiger partial charge in [0.05, 0.1) is 18.8 Å². The molecule has 0 radical (unpaired) electrons. The number of halogens is 3. The molecule has 21 heavy (non-hydrogen) atoms. The maximum Gasteiger partial charge on any atom is 0.196 e. The molecule has 0 saturated heterocycles. The van der Waals surface area contributed by atoms with Crippen molar-refractivity contribution < 1.29 is 17.9 Å². The summed E-state index contributed by atoms with van der Waals surface area (Å²) in [6.45, 7) is 3.72. The predicted molar refractivity (Wildman–Crippen MR) is 76.1 cm³/mol. The molecule has 1 atom stereocenters. The SMILES string of the molecule is COc1cc(C)ccc1C(C)Nc1ccc(F)c(F)c1F. The van der Waals surface area contributed by atoms with E-state index in [1.165, 1.54) is 6.07 Å². The number of rotatable bonds is 4. The Labute approximate surface area is 121 Å². The van der Waals surface area contributed by atoms with Crippen LogP contribution in [0.1, 0.15) is 24.1 Å². The molecule has 0 aliphatic rings. The van der Waals surface area contributed by atoms with Gasteiger partial charge in [0, 0.05) is 5.56 Å². The van der Waals surface area contributed by atoms with Crippen molar-refractivity contribution in [2.75, 3.05) is 12.4 Å². The fraction of sp³-hybridized carbons (Fsp3) is 0.250. The average molecular weight is 295 g/mol. The van der Waals surface area contributed by atoms with Crippen LogP contribution in [0.15, 0.2) is 30.3 Å². The number of aryl methyl sites for hydroxylation is 1. The first-order chi connectivity index (χ1) is 9.93. The molecule has 0 spiro atoms. The highest BCUT2D eigenvalue weighted by atomic mass is 19.2. The Bertz CT molecular complexity index is 658. The number of benzene rings is 2. The Balaban J connectivity index is 2.30. The van der Waals surface area contributed by atoms with Crippen LogP contribution in [-0.2, 0) is 0 Å². The van der Waals surface area contributed by atoms with Gasteiger partial charge in [-0.15, -0.1) is 0 Å². The van der Waals surface area contributed by atoms with E-state index in [4.69, 9.17) is 4.74 Å². The molecular formula is C16H16F3NO. The van der Waals surface area contributed by atoms with Crippen molar-refractivity contribution in [2.24, 2.45) is 0 Å².